The van der Waals surface area contributed by atoms with E-state index in [0.29, 0.717) is 54.6 Å². The molecule has 2 heterocycles. The van der Waals surface area contributed by atoms with Gasteiger partial charge in [-0.1, -0.05) is 60.1 Å². The second kappa shape index (κ2) is 11.6. The van der Waals surface area contributed by atoms with Gasteiger partial charge in [-0.3, -0.25) is 4.79 Å². The zero-order valence-corrected chi connectivity index (χ0v) is 23.1. The molecular formula is C29H29ClN4O4S. The Morgan fingerprint density at radius 1 is 0.897 bits per heavy atom. The minimum absolute atomic E-state index is 0.0339. The molecule has 3 aromatic carbocycles. The van der Waals surface area contributed by atoms with E-state index in [-0.39, 0.29) is 11.3 Å². The summed E-state index contributed by atoms with van der Waals surface area (Å²) in [4.78, 5) is 15.8. The van der Waals surface area contributed by atoms with Gasteiger partial charge in [0.15, 0.2) is 0 Å². The van der Waals surface area contributed by atoms with Gasteiger partial charge in [0.05, 0.1) is 30.4 Å². The Balaban J connectivity index is 1.43. The van der Waals surface area contributed by atoms with Gasteiger partial charge in [0.25, 0.3) is 5.56 Å². The van der Waals surface area contributed by atoms with Crippen molar-refractivity contribution in [3.05, 3.63) is 117 Å². The predicted molar refractivity (Wildman–Crippen MR) is 153 cm³/mol. The van der Waals surface area contributed by atoms with Gasteiger partial charge < -0.3 is 9.64 Å². The van der Waals surface area contributed by atoms with Crippen LogP contribution in [0.3, 0.4) is 0 Å². The molecule has 5 rings (SSSR count). The van der Waals surface area contributed by atoms with Crippen molar-refractivity contribution in [1.82, 2.24) is 14.1 Å². The van der Waals surface area contributed by atoms with Crippen molar-refractivity contribution in [2.75, 3.05) is 38.2 Å². The number of hydrogen-bond donors (Lipinski definition) is 0. The molecule has 0 saturated carbocycles. The molecule has 1 fully saturated rings. The quantitative estimate of drug-likeness (QED) is 0.320. The lowest BCUT2D eigenvalue weighted by atomic mass is 10.0. The maximum atomic E-state index is 13.8. The van der Waals surface area contributed by atoms with Crippen molar-refractivity contribution >= 4 is 27.3 Å². The molecule has 1 aliphatic heterocycles. The average Bonchev–Trinajstić information content (AvgIpc) is 2.95. The fraction of sp³-hybridized carbons (Fsp3) is 0.241. The number of methoxy groups -OCH3 is 1. The van der Waals surface area contributed by atoms with Crippen LogP contribution in [0.25, 0.3) is 5.69 Å². The molecule has 1 aliphatic rings. The molecule has 202 valence electrons. The largest absolute Gasteiger partial charge is 0.497 e. The minimum Gasteiger partial charge on any atom is -0.497 e. The van der Waals surface area contributed by atoms with Crippen LogP contribution in [0.1, 0.15) is 16.7 Å². The molecule has 0 spiro atoms. The Kier molecular flexibility index (Phi) is 8.02. The summed E-state index contributed by atoms with van der Waals surface area (Å²) in [5.41, 5.74) is 3.32. The molecule has 8 nitrogen and oxygen atoms in total. The van der Waals surface area contributed by atoms with Crippen molar-refractivity contribution in [2.45, 2.75) is 12.2 Å². The third kappa shape index (κ3) is 6.16. The summed E-state index contributed by atoms with van der Waals surface area (Å²) in [7, 11) is -1.85. The number of sulfonamides is 1. The first-order chi connectivity index (χ1) is 18.8. The highest BCUT2D eigenvalue weighted by molar-refractivity contribution is 7.88. The van der Waals surface area contributed by atoms with Gasteiger partial charge in [-0.15, -0.1) is 0 Å². The van der Waals surface area contributed by atoms with Crippen LogP contribution in [0, 0.1) is 0 Å². The van der Waals surface area contributed by atoms with E-state index in [2.05, 4.69) is 5.10 Å². The van der Waals surface area contributed by atoms with E-state index in [4.69, 9.17) is 16.3 Å². The summed E-state index contributed by atoms with van der Waals surface area (Å²) in [6.07, 6.45) is 2.07. The second-order valence-electron chi connectivity index (χ2n) is 9.36. The van der Waals surface area contributed by atoms with Gasteiger partial charge in [0.1, 0.15) is 5.75 Å². The van der Waals surface area contributed by atoms with E-state index in [1.54, 1.807) is 37.6 Å². The Morgan fingerprint density at radius 3 is 2.28 bits per heavy atom. The number of piperazine rings is 1. The van der Waals surface area contributed by atoms with Gasteiger partial charge in [-0.25, -0.2) is 8.42 Å². The van der Waals surface area contributed by atoms with Crippen molar-refractivity contribution in [3.8, 4) is 11.4 Å². The molecule has 10 heteroatoms. The summed E-state index contributed by atoms with van der Waals surface area (Å²) in [6.45, 7) is 1.56. The van der Waals surface area contributed by atoms with E-state index in [9.17, 15) is 13.2 Å². The zero-order chi connectivity index (χ0) is 27.4. The molecular weight excluding hydrogens is 536 g/mol. The van der Waals surface area contributed by atoms with Gasteiger partial charge in [0, 0.05) is 43.2 Å². The van der Waals surface area contributed by atoms with Crippen LogP contribution in [0.2, 0.25) is 5.02 Å². The second-order valence-corrected chi connectivity index (χ2v) is 11.8. The average molecular weight is 565 g/mol. The van der Waals surface area contributed by atoms with Crippen molar-refractivity contribution in [2.24, 2.45) is 0 Å². The van der Waals surface area contributed by atoms with Crippen LogP contribution in [0.4, 0.5) is 5.69 Å². The lowest BCUT2D eigenvalue weighted by molar-refractivity contribution is 0.384. The highest BCUT2D eigenvalue weighted by Gasteiger charge is 2.29. The smallest absolute Gasteiger partial charge is 0.277 e. The molecule has 1 saturated heterocycles. The summed E-state index contributed by atoms with van der Waals surface area (Å²) < 4.78 is 34.3. The number of ether oxygens (including phenoxy) is 1. The SMILES string of the molecule is COc1ccc(Cc2c(N3CCN(S(=O)(=O)Cc4ccccc4)CC3)cnn(-c3cccc(Cl)c3)c2=O)cc1. The Bertz CT molecular complexity index is 1600. The third-order valence-corrected chi connectivity index (χ3v) is 8.90. The first-order valence-corrected chi connectivity index (χ1v) is 14.6. The van der Waals surface area contributed by atoms with Gasteiger partial charge in [-0.2, -0.15) is 14.1 Å². The van der Waals surface area contributed by atoms with E-state index in [1.165, 1.54) is 8.99 Å². The van der Waals surface area contributed by atoms with E-state index < -0.39 is 10.0 Å². The van der Waals surface area contributed by atoms with E-state index >= 15 is 0 Å². The van der Waals surface area contributed by atoms with Crippen molar-refractivity contribution in [1.29, 1.82) is 0 Å². The summed E-state index contributed by atoms with van der Waals surface area (Å²) >= 11 is 6.18. The van der Waals surface area contributed by atoms with Gasteiger partial charge >= 0.3 is 0 Å². The maximum Gasteiger partial charge on any atom is 0.277 e. The molecule has 0 aliphatic carbocycles. The number of benzene rings is 3. The number of nitrogens with zero attached hydrogens (tertiary/aromatic N) is 4. The molecule has 39 heavy (non-hydrogen) atoms. The fourth-order valence-electron chi connectivity index (χ4n) is 4.74. The fourth-order valence-corrected chi connectivity index (χ4v) is 6.44. The number of halogens is 1. The first kappa shape index (κ1) is 26.9. The highest BCUT2D eigenvalue weighted by atomic mass is 35.5. The molecule has 0 bridgehead atoms. The molecule has 0 N–H and O–H groups in total. The summed E-state index contributed by atoms with van der Waals surface area (Å²) in [5, 5.41) is 4.98. The van der Waals surface area contributed by atoms with Crippen molar-refractivity contribution in [3.63, 3.8) is 0 Å². The third-order valence-electron chi connectivity index (χ3n) is 6.81. The van der Waals surface area contributed by atoms with Crippen LogP contribution < -0.4 is 15.2 Å². The number of hydrogen-bond acceptors (Lipinski definition) is 6. The monoisotopic (exact) mass is 564 g/mol. The molecule has 4 aromatic rings. The van der Waals surface area contributed by atoms with Crippen LogP contribution in [-0.4, -0.2) is 55.8 Å². The summed E-state index contributed by atoms with van der Waals surface area (Å²) in [6, 6.07) is 23.8. The lowest BCUT2D eigenvalue weighted by Gasteiger charge is -2.36. The van der Waals surface area contributed by atoms with Crippen LogP contribution in [0.5, 0.6) is 5.75 Å². The summed E-state index contributed by atoms with van der Waals surface area (Å²) in [5.74, 6) is 0.700. The molecule has 0 unspecified atom stereocenters. The molecule has 0 amide bonds. The minimum atomic E-state index is -3.46. The van der Waals surface area contributed by atoms with E-state index in [1.807, 2.05) is 59.5 Å². The Morgan fingerprint density at radius 2 is 1.62 bits per heavy atom. The van der Waals surface area contributed by atoms with Gasteiger partial charge in [0.2, 0.25) is 10.0 Å². The first-order valence-electron chi connectivity index (χ1n) is 12.6. The Labute approximate surface area is 233 Å². The maximum absolute atomic E-state index is 13.8. The van der Waals surface area contributed by atoms with Crippen LogP contribution in [0.15, 0.2) is 89.9 Å². The molecule has 0 atom stereocenters. The number of rotatable bonds is 8. The standard InChI is InChI=1S/C29H29ClN4O4S/c1-38-26-12-10-22(11-13-26)18-27-28(20-31-34(29(27)35)25-9-5-8-24(30)19-25)32-14-16-33(17-15-32)39(36,37)21-23-6-3-2-4-7-23/h2-13,19-20H,14-18,21H2,1H3. The molecule has 0 radical (unpaired) electrons. The van der Waals surface area contributed by atoms with Crippen molar-refractivity contribution < 1.29 is 13.2 Å². The van der Waals surface area contributed by atoms with Crippen LogP contribution >= 0.6 is 11.6 Å². The topological polar surface area (TPSA) is 84.7 Å². The molecule has 1 aromatic heterocycles. The normalized spacial score (nSPS) is 14.4. The highest BCUT2D eigenvalue weighted by Crippen LogP contribution is 2.24. The number of aromatic nitrogens is 2. The predicted octanol–water partition coefficient (Wildman–Crippen LogP) is 4.14. The van der Waals surface area contributed by atoms with E-state index in [0.717, 1.165) is 16.9 Å². The van der Waals surface area contributed by atoms with Gasteiger partial charge in [-0.05, 0) is 41.5 Å². The van der Waals surface area contributed by atoms with Crippen LogP contribution in [-0.2, 0) is 22.2 Å². The number of anilines is 1. The Hall–Kier alpha value is -3.66. The zero-order valence-electron chi connectivity index (χ0n) is 21.5. The lowest BCUT2D eigenvalue weighted by Crippen LogP contribution is -2.49.